The van der Waals surface area contributed by atoms with Crippen molar-refractivity contribution in [3.63, 3.8) is 0 Å². The molecule has 2 rings (SSSR count). The van der Waals surface area contributed by atoms with Crippen LogP contribution >= 0.6 is 27.5 Å². The van der Waals surface area contributed by atoms with Crippen molar-refractivity contribution in [2.24, 2.45) is 0 Å². The van der Waals surface area contributed by atoms with Gasteiger partial charge in [0.1, 0.15) is 5.38 Å². The highest BCUT2D eigenvalue weighted by atomic mass is 79.9. The zero-order chi connectivity index (χ0) is 13.8. The third-order valence-corrected chi connectivity index (χ3v) is 4.92. The van der Waals surface area contributed by atoms with Crippen molar-refractivity contribution in [3.05, 3.63) is 33.8 Å². The molecule has 0 spiro atoms. The maximum Gasteiger partial charge on any atom is 0.245 e. The molecule has 1 unspecified atom stereocenters. The Morgan fingerprint density at radius 1 is 1.26 bits per heavy atom. The number of carbonyl (C=O) groups excluding carboxylic acids is 1. The molecule has 1 aliphatic rings. The Hall–Kier alpha value is -0.540. The van der Waals surface area contributed by atoms with Gasteiger partial charge in [-0.05, 0) is 37.0 Å². The largest absolute Gasteiger partial charge is 0.341 e. The van der Waals surface area contributed by atoms with Gasteiger partial charge in [-0.15, -0.1) is 11.6 Å². The van der Waals surface area contributed by atoms with Crippen LogP contribution < -0.4 is 0 Å². The number of hydrogen-bond donors (Lipinski definition) is 0. The molecule has 0 N–H and O–H groups in total. The van der Waals surface area contributed by atoms with E-state index in [1.165, 1.54) is 12.8 Å². The monoisotopic (exact) mass is 343 g/mol. The Morgan fingerprint density at radius 3 is 2.47 bits per heavy atom. The number of likely N-dealkylation sites (tertiary alicyclic amines) is 1. The molecule has 1 heterocycles. The van der Waals surface area contributed by atoms with Gasteiger partial charge in [0.2, 0.25) is 5.91 Å². The molecule has 1 atom stereocenters. The predicted molar refractivity (Wildman–Crippen MR) is 82.5 cm³/mol. The zero-order valence-electron chi connectivity index (χ0n) is 11.2. The summed E-state index contributed by atoms with van der Waals surface area (Å²) in [6, 6.07) is 5.88. The summed E-state index contributed by atoms with van der Waals surface area (Å²) < 4.78 is 0.999. The maximum atomic E-state index is 12.4. The van der Waals surface area contributed by atoms with Crippen molar-refractivity contribution in [3.8, 4) is 0 Å². The second kappa shape index (κ2) is 6.76. The molecule has 1 fully saturated rings. The smallest absolute Gasteiger partial charge is 0.245 e. The van der Waals surface area contributed by atoms with Crippen LogP contribution in [-0.4, -0.2) is 23.9 Å². The van der Waals surface area contributed by atoms with Crippen LogP contribution in [0.15, 0.2) is 22.7 Å². The molecular formula is C15H19BrClNO. The van der Waals surface area contributed by atoms with E-state index in [1.807, 2.05) is 30.0 Å². The van der Waals surface area contributed by atoms with Crippen molar-refractivity contribution in [2.45, 2.75) is 38.0 Å². The van der Waals surface area contributed by atoms with Gasteiger partial charge in [0.15, 0.2) is 0 Å². The molecule has 1 amide bonds. The van der Waals surface area contributed by atoms with Crippen LogP contribution in [0.2, 0.25) is 0 Å². The number of carbonyl (C=O) groups is 1. The number of aryl methyl sites for hydroxylation is 1. The first-order valence-electron chi connectivity index (χ1n) is 6.78. The molecule has 4 heteroatoms. The molecule has 1 aromatic carbocycles. The lowest BCUT2D eigenvalue weighted by Gasteiger charge is -2.23. The summed E-state index contributed by atoms with van der Waals surface area (Å²) in [6.45, 7) is 3.71. The van der Waals surface area contributed by atoms with E-state index in [2.05, 4.69) is 15.9 Å². The third kappa shape index (κ3) is 3.73. The van der Waals surface area contributed by atoms with Crippen molar-refractivity contribution in [1.82, 2.24) is 4.90 Å². The van der Waals surface area contributed by atoms with E-state index in [-0.39, 0.29) is 5.91 Å². The summed E-state index contributed by atoms with van der Waals surface area (Å²) in [4.78, 5) is 14.3. The van der Waals surface area contributed by atoms with E-state index >= 15 is 0 Å². The number of alkyl halides is 1. The lowest BCUT2D eigenvalue weighted by atomic mass is 10.1. The average molecular weight is 345 g/mol. The zero-order valence-corrected chi connectivity index (χ0v) is 13.5. The van der Waals surface area contributed by atoms with Crippen LogP contribution in [-0.2, 0) is 4.79 Å². The van der Waals surface area contributed by atoms with E-state index in [0.29, 0.717) is 0 Å². The second-order valence-electron chi connectivity index (χ2n) is 5.11. The van der Waals surface area contributed by atoms with Gasteiger partial charge in [0.25, 0.3) is 0 Å². The summed E-state index contributed by atoms with van der Waals surface area (Å²) in [6.07, 6.45) is 4.61. The topological polar surface area (TPSA) is 20.3 Å². The molecular weight excluding hydrogens is 326 g/mol. The molecule has 0 bridgehead atoms. The van der Waals surface area contributed by atoms with Crippen LogP contribution in [0.4, 0.5) is 0 Å². The molecule has 19 heavy (non-hydrogen) atoms. The SMILES string of the molecule is Cc1ccc(C(Cl)C(=O)N2CCCCCC2)cc1Br. The molecule has 104 valence electrons. The Balaban J connectivity index is 2.10. The molecule has 2 nitrogen and oxygen atoms in total. The number of benzene rings is 1. The first-order chi connectivity index (χ1) is 9.09. The normalized spacial score (nSPS) is 17.9. The number of hydrogen-bond acceptors (Lipinski definition) is 1. The van der Waals surface area contributed by atoms with Gasteiger partial charge in [0, 0.05) is 17.6 Å². The van der Waals surface area contributed by atoms with Gasteiger partial charge in [-0.25, -0.2) is 0 Å². The summed E-state index contributed by atoms with van der Waals surface area (Å²) in [7, 11) is 0. The maximum absolute atomic E-state index is 12.4. The third-order valence-electron chi connectivity index (χ3n) is 3.62. The first kappa shape index (κ1) is 14.9. The lowest BCUT2D eigenvalue weighted by Crippen LogP contribution is -2.34. The van der Waals surface area contributed by atoms with Gasteiger partial charge in [0.05, 0.1) is 0 Å². The average Bonchev–Trinajstić information content (AvgIpc) is 2.69. The Morgan fingerprint density at radius 2 is 1.89 bits per heavy atom. The fraction of sp³-hybridized carbons (Fsp3) is 0.533. The minimum Gasteiger partial charge on any atom is -0.341 e. The highest BCUT2D eigenvalue weighted by Gasteiger charge is 2.24. The summed E-state index contributed by atoms with van der Waals surface area (Å²) in [5.41, 5.74) is 2.02. The second-order valence-corrected chi connectivity index (χ2v) is 6.40. The minimum atomic E-state index is -0.574. The first-order valence-corrected chi connectivity index (χ1v) is 8.01. The number of nitrogens with zero attached hydrogens (tertiary/aromatic N) is 1. The highest BCUT2D eigenvalue weighted by Crippen LogP contribution is 2.28. The van der Waals surface area contributed by atoms with Crippen LogP contribution in [0.5, 0.6) is 0 Å². The van der Waals surface area contributed by atoms with Crippen LogP contribution in [0, 0.1) is 6.92 Å². The number of rotatable bonds is 2. The highest BCUT2D eigenvalue weighted by molar-refractivity contribution is 9.10. The van der Waals surface area contributed by atoms with Gasteiger partial charge in [-0.3, -0.25) is 4.79 Å². The van der Waals surface area contributed by atoms with Crippen molar-refractivity contribution < 1.29 is 4.79 Å². The van der Waals surface area contributed by atoms with Gasteiger partial charge in [-0.1, -0.05) is 40.9 Å². The molecule has 1 saturated heterocycles. The summed E-state index contributed by atoms with van der Waals surface area (Å²) >= 11 is 9.84. The van der Waals surface area contributed by atoms with E-state index < -0.39 is 5.38 Å². The number of halogens is 2. The van der Waals surface area contributed by atoms with Crippen molar-refractivity contribution in [2.75, 3.05) is 13.1 Å². The molecule has 0 aromatic heterocycles. The van der Waals surface area contributed by atoms with Crippen molar-refractivity contribution in [1.29, 1.82) is 0 Å². The van der Waals surface area contributed by atoms with Gasteiger partial charge >= 0.3 is 0 Å². The summed E-state index contributed by atoms with van der Waals surface area (Å²) in [5, 5.41) is -0.574. The van der Waals surface area contributed by atoms with Crippen LogP contribution in [0.3, 0.4) is 0 Å². The number of amides is 1. The molecule has 1 aromatic rings. The van der Waals surface area contributed by atoms with E-state index in [0.717, 1.165) is 41.5 Å². The van der Waals surface area contributed by atoms with E-state index in [9.17, 15) is 4.79 Å². The van der Waals surface area contributed by atoms with Crippen molar-refractivity contribution >= 4 is 33.4 Å². The Kier molecular flexibility index (Phi) is 5.28. The predicted octanol–water partition coefficient (Wildman–Crippen LogP) is 4.44. The minimum absolute atomic E-state index is 0.0410. The van der Waals surface area contributed by atoms with Crippen LogP contribution in [0.1, 0.15) is 42.2 Å². The summed E-state index contributed by atoms with van der Waals surface area (Å²) in [5.74, 6) is 0.0410. The standard InChI is InChI=1S/C15H19BrClNO/c1-11-6-7-12(10-13(11)16)14(17)15(19)18-8-4-2-3-5-9-18/h6-7,10,14H,2-5,8-9H2,1H3. The fourth-order valence-corrected chi connectivity index (χ4v) is 3.03. The van der Waals surface area contributed by atoms with Crippen LogP contribution in [0.25, 0.3) is 0 Å². The molecule has 0 saturated carbocycles. The molecule has 1 aliphatic heterocycles. The van der Waals surface area contributed by atoms with Gasteiger partial charge < -0.3 is 4.90 Å². The fourth-order valence-electron chi connectivity index (χ4n) is 2.36. The quantitative estimate of drug-likeness (QED) is 0.726. The van der Waals surface area contributed by atoms with Gasteiger partial charge in [-0.2, -0.15) is 0 Å². The lowest BCUT2D eigenvalue weighted by molar-refractivity contribution is -0.130. The van der Waals surface area contributed by atoms with E-state index in [1.54, 1.807) is 0 Å². The molecule has 0 aliphatic carbocycles. The molecule has 0 radical (unpaired) electrons. The Bertz CT molecular complexity index is 455. The van der Waals surface area contributed by atoms with E-state index in [4.69, 9.17) is 11.6 Å². The Labute approximate surface area is 128 Å².